The zero-order valence-corrected chi connectivity index (χ0v) is 9.54. The Labute approximate surface area is 81.9 Å². The summed E-state index contributed by atoms with van der Waals surface area (Å²) in [7, 11) is 2.01. The molecule has 0 aliphatic carbocycles. The van der Waals surface area contributed by atoms with Crippen molar-refractivity contribution in [3.8, 4) is 0 Å². The number of nitrogens with zero attached hydrogens (tertiary/aromatic N) is 1. The third-order valence-corrected chi connectivity index (χ3v) is 2.08. The van der Waals surface area contributed by atoms with Gasteiger partial charge in [0.15, 0.2) is 0 Å². The normalized spacial score (nSPS) is 17.5. The molecule has 0 fully saturated rings. The zero-order valence-electron chi connectivity index (χ0n) is 9.54. The van der Waals surface area contributed by atoms with Crippen LogP contribution in [0.3, 0.4) is 0 Å². The Bertz CT molecular complexity index is 140. The van der Waals surface area contributed by atoms with E-state index >= 15 is 0 Å². The van der Waals surface area contributed by atoms with Gasteiger partial charge < -0.3 is 10.8 Å². The molecule has 3 nitrogen and oxygen atoms in total. The Balaban J connectivity index is 4.14. The van der Waals surface area contributed by atoms with Crippen molar-refractivity contribution in [1.29, 1.82) is 0 Å². The summed E-state index contributed by atoms with van der Waals surface area (Å²) in [5.74, 6) is 0. The molecule has 0 heterocycles. The van der Waals surface area contributed by atoms with Crippen molar-refractivity contribution >= 4 is 0 Å². The van der Waals surface area contributed by atoms with Crippen LogP contribution in [0.25, 0.3) is 0 Å². The minimum atomic E-state index is 0.0114. The maximum Gasteiger partial charge on any atom is 0.0601 e. The Morgan fingerprint density at radius 1 is 1.38 bits per heavy atom. The summed E-state index contributed by atoms with van der Waals surface area (Å²) < 4.78 is 0. The van der Waals surface area contributed by atoms with Crippen LogP contribution >= 0.6 is 0 Å². The van der Waals surface area contributed by atoms with E-state index in [1.807, 2.05) is 14.0 Å². The largest absolute Gasteiger partial charge is 0.395 e. The van der Waals surface area contributed by atoms with Crippen molar-refractivity contribution in [3.63, 3.8) is 0 Å². The molecule has 0 saturated heterocycles. The first kappa shape index (κ1) is 12.9. The molecular weight excluding hydrogens is 164 g/mol. The Hall–Kier alpha value is -0.120. The number of aliphatic hydroxyl groups excluding tert-OH is 1. The molecule has 0 spiro atoms. The van der Waals surface area contributed by atoms with Gasteiger partial charge in [0.05, 0.1) is 6.61 Å². The molecule has 0 aliphatic heterocycles. The van der Waals surface area contributed by atoms with E-state index in [0.717, 1.165) is 6.54 Å². The number of hydrogen-bond acceptors (Lipinski definition) is 3. The molecule has 3 heteroatoms. The second-order valence-electron chi connectivity index (χ2n) is 5.08. The molecule has 13 heavy (non-hydrogen) atoms. The predicted molar refractivity (Wildman–Crippen MR) is 56.6 cm³/mol. The lowest BCUT2D eigenvalue weighted by Crippen LogP contribution is -2.49. The summed E-state index contributed by atoms with van der Waals surface area (Å²) in [6.07, 6.45) is 0. The first-order valence-corrected chi connectivity index (χ1v) is 4.84. The van der Waals surface area contributed by atoms with Gasteiger partial charge >= 0.3 is 0 Å². The second-order valence-corrected chi connectivity index (χ2v) is 5.08. The third kappa shape index (κ3) is 5.24. The van der Waals surface area contributed by atoms with Crippen molar-refractivity contribution in [2.45, 2.75) is 39.8 Å². The average molecular weight is 188 g/mol. The van der Waals surface area contributed by atoms with E-state index in [1.54, 1.807) is 0 Å². The van der Waals surface area contributed by atoms with Gasteiger partial charge in [0.25, 0.3) is 0 Å². The van der Waals surface area contributed by atoms with E-state index in [2.05, 4.69) is 25.7 Å². The van der Waals surface area contributed by atoms with Gasteiger partial charge in [0.2, 0.25) is 0 Å². The minimum Gasteiger partial charge on any atom is -0.395 e. The van der Waals surface area contributed by atoms with Crippen LogP contribution in [0, 0.1) is 5.41 Å². The standard InChI is InChI=1S/C10H24N2O/c1-8(11)9(6-13)12(5)7-10(2,3)4/h8-9,13H,6-7,11H2,1-5H3. The maximum absolute atomic E-state index is 9.14. The van der Waals surface area contributed by atoms with E-state index in [1.165, 1.54) is 0 Å². The number of nitrogens with two attached hydrogens (primary N) is 1. The van der Waals surface area contributed by atoms with Crippen LogP contribution in [-0.4, -0.2) is 42.3 Å². The lowest BCUT2D eigenvalue weighted by molar-refractivity contribution is 0.101. The van der Waals surface area contributed by atoms with E-state index < -0.39 is 0 Å². The van der Waals surface area contributed by atoms with Crippen molar-refractivity contribution in [2.24, 2.45) is 11.1 Å². The second kappa shape index (κ2) is 4.94. The first-order valence-electron chi connectivity index (χ1n) is 4.84. The van der Waals surface area contributed by atoms with Crippen LogP contribution < -0.4 is 5.73 Å². The molecule has 0 amide bonds. The van der Waals surface area contributed by atoms with Crippen molar-refractivity contribution in [2.75, 3.05) is 20.2 Å². The predicted octanol–water partition coefficient (Wildman–Crippen LogP) is 0.672. The molecule has 0 saturated carbocycles. The van der Waals surface area contributed by atoms with Gasteiger partial charge in [-0.15, -0.1) is 0 Å². The first-order chi connectivity index (χ1) is 5.78. The highest BCUT2D eigenvalue weighted by Gasteiger charge is 2.22. The monoisotopic (exact) mass is 188 g/mol. The Kier molecular flexibility index (Phi) is 4.89. The van der Waals surface area contributed by atoms with Gasteiger partial charge in [-0.2, -0.15) is 0 Å². The summed E-state index contributed by atoms with van der Waals surface area (Å²) >= 11 is 0. The molecule has 0 rings (SSSR count). The molecule has 0 aromatic carbocycles. The highest BCUT2D eigenvalue weighted by Crippen LogP contribution is 2.16. The SMILES string of the molecule is CC(N)C(CO)N(C)CC(C)(C)C. The van der Waals surface area contributed by atoms with E-state index in [9.17, 15) is 0 Å². The van der Waals surface area contributed by atoms with Crippen LogP contribution in [0.2, 0.25) is 0 Å². The van der Waals surface area contributed by atoms with Crippen molar-refractivity contribution < 1.29 is 5.11 Å². The van der Waals surface area contributed by atoms with Crippen LogP contribution in [0.5, 0.6) is 0 Å². The summed E-state index contributed by atoms with van der Waals surface area (Å²) in [6, 6.07) is 0.0802. The minimum absolute atomic E-state index is 0.0114. The lowest BCUT2D eigenvalue weighted by Gasteiger charge is -2.34. The highest BCUT2D eigenvalue weighted by molar-refractivity contribution is 4.79. The summed E-state index contributed by atoms with van der Waals surface area (Å²) in [6.45, 7) is 9.54. The highest BCUT2D eigenvalue weighted by atomic mass is 16.3. The maximum atomic E-state index is 9.14. The summed E-state index contributed by atoms with van der Waals surface area (Å²) in [5, 5.41) is 9.14. The number of hydrogen-bond donors (Lipinski definition) is 2. The Morgan fingerprint density at radius 3 is 2.08 bits per heavy atom. The molecule has 2 unspecified atom stereocenters. The lowest BCUT2D eigenvalue weighted by atomic mass is 9.95. The van der Waals surface area contributed by atoms with Crippen LogP contribution in [0.15, 0.2) is 0 Å². The molecule has 0 aliphatic rings. The van der Waals surface area contributed by atoms with Gasteiger partial charge in [0.1, 0.15) is 0 Å². The molecule has 0 radical (unpaired) electrons. The number of aliphatic hydroxyl groups is 1. The van der Waals surface area contributed by atoms with Crippen LogP contribution in [0.4, 0.5) is 0 Å². The van der Waals surface area contributed by atoms with Gasteiger partial charge in [0, 0.05) is 18.6 Å². The van der Waals surface area contributed by atoms with Crippen LogP contribution in [-0.2, 0) is 0 Å². The van der Waals surface area contributed by atoms with E-state index in [4.69, 9.17) is 10.8 Å². The fourth-order valence-electron chi connectivity index (χ4n) is 1.57. The van der Waals surface area contributed by atoms with Gasteiger partial charge in [-0.1, -0.05) is 20.8 Å². The Morgan fingerprint density at radius 2 is 1.85 bits per heavy atom. The fourth-order valence-corrected chi connectivity index (χ4v) is 1.57. The smallest absolute Gasteiger partial charge is 0.0601 e. The van der Waals surface area contributed by atoms with Gasteiger partial charge in [-0.05, 0) is 19.4 Å². The molecule has 3 N–H and O–H groups in total. The molecule has 0 bridgehead atoms. The zero-order chi connectivity index (χ0) is 10.6. The summed E-state index contributed by atoms with van der Waals surface area (Å²) in [4.78, 5) is 2.13. The van der Waals surface area contributed by atoms with E-state index in [0.29, 0.717) is 0 Å². The number of likely N-dealkylation sites (N-methyl/N-ethyl adjacent to an activating group) is 1. The van der Waals surface area contributed by atoms with Gasteiger partial charge in [-0.3, -0.25) is 4.90 Å². The third-order valence-electron chi connectivity index (χ3n) is 2.08. The molecule has 2 atom stereocenters. The van der Waals surface area contributed by atoms with Crippen molar-refractivity contribution in [3.05, 3.63) is 0 Å². The molecule has 0 aromatic rings. The number of rotatable bonds is 4. The molecule has 80 valence electrons. The quantitative estimate of drug-likeness (QED) is 0.682. The van der Waals surface area contributed by atoms with Crippen molar-refractivity contribution in [1.82, 2.24) is 4.90 Å². The topological polar surface area (TPSA) is 49.5 Å². The molecular formula is C10H24N2O. The average Bonchev–Trinajstić information content (AvgIpc) is 1.82. The van der Waals surface area contributed by atoms with Crippen LogP contribution in [0.1, 0.15) is 27.7 Å². The molecule has 0 aromatic heterocycles. The summed E-state index contributed by atoms with van der Waals surface area (Å²) in [5.41, 5.74) is 6.01. The fraction of sp³-hybridized carbons (Fsp3) is 1.00. The van der Waals surface area contributed by atoms with Gasteiger partial charge in [-0.25, -0.2) is 0 Å². The van der Waals surface area contributed by atoms with E-state index in [-0.39, 0.29) is 24.1 Å².